The molecule has 26 heavy (non-hydrogen) atoms. The third-order valence-electron chi connectivity index (χ3n) is 4.87. The zero-order valence-corrected chi connectivity index (χ0v) is 15.3. The fourth-order valence-corrected chi connectivity index (χ4v) is 3.24. The fourth-order valence-electron chi connectivity index (χ4n) is 3.24. The summed E-state index contributed by atoms with van der Waals surface area (Å²) in [6, 6.07) is 3.56. The molecule has 3 rings (SSSR count). The Kier molecular flexibility index (Phi) is 6.40. The highest BCUT2D eigenvalue weighted by Gasteiger charge is 2.20. The van der Waals surface area contributed by atoms with Crippen LogP contribution in [-0.4, -0.2) is 92.2 Å². The van der Waals surface area contributed by atoms with Crippen LogP contribution in [0.4, 0.5) is 5.82 Å². The van der Waals surface area contributed by atoms with E-state index in [1.54, 1.807) is 19.2 Å². The monoisotopic (exact) mass is 361 g/mol. The number of pyridine rings is 1. The minimum absolute atomic E-state index is 0.0794. The van der Waals surface area contributed by atoms with Crippen LogP contribution in [0.5, 0.6) is 0 Å². The summed E-state index contributed by atoms with van der Waals surface area (Å²) in [5, 5.41) is 2.98. The first-order valence-electron chi connectivity index (χ1n) is 9.18. The fraction of sp³-hybridized carbons (Fsp3) is 0.611. The van der Waals surface area contributed by atoms with Crippen LogP contribution < -0.4 is 10.2 Å². The van der Waals surface area contributed by atoms with Gasteiger partial charge in [0, 0.05) is 71.0 Å². The molecular formula is C18H27N5O3. The lowest BCUT2D eigenvalue weighted by Gasteiger charge is -2.35. The van der Waals surface area contributed by atoms with Crippen molar-refractivity contribution in [3.05, 3.63) is 23.9 Å². The molecule has 8 heteroatoms. The Labute approximate surface area is 154 Å². The van der Waals surface area contributed by atoms with E-state index in [2.05, 4.69) is 20.1 Å². The normalized spacial score (nSPS) is 18.7. The minimum Gasteiger partial charge on any atom is -0.379 e. The number of piperazine rings is 1. The van der Waals surface area contributed by atoms with E-state index in [1.165, 1.54) is 0 Å². The predicted octanol–water partition coefficient (Wildman–Crippen LogP) is -0.188. The van der Waals surface area contributed by atoms with Gasteiger partial charge in [0.15, 0.2) is 0 Å². The Balaban J connectivity index is 1.50. The highest BCUT2D eigenvalue weighted by Crippen LogP contribution is 2.15. The number of carbonyl (C=O) groups excluding carboxylic acids is 2. The number of hydrogen-bond acceptors (Lipinski definition) is 6. The molecule has 0 aliphatic carbocycles. The first kappa shape index (κ1) is 18.6. The Morgan fingerprint density at radius 2 is 1.88 bits per heavy atom. The number of nitrogens with one attached hydrogen (secondary N) is 1. The first-order chi connectivity index (χ1) is 12.6. The second-order valence-electron chi connectivity index (χ2n) is 6.61. The second kappa shape index (κ2) is 8.95. The molecule has 8 nitrogen and oxygen atoms in total. The molecule has 0 saturated carbocycles. The van der Waals surface area contributed by atoms with Crippen LogP contribution in [0.25, 0.3) is 0 Å². The van der Waals surface area contributed by atoms with Gasteiger partial charge in [0.05, 0.1) is 13.2 Å². The third kappa shape index (κ3) is 4.92. The summed E-state index contributed by atoms with van der Waals surface area (Å²) in [6.07, 6.45) is 1.67. The number of morpholine rings is 1. The Morgan fingerprint density at radius 3 is 2.58 bits per heavy atom. The van der Waals surface area contributed by atoms with E-state index in [0.29, 0.717) is 25.2 Å². The number of rotatable bonds is 5. The predicted molar refractivity (Wildman–Crippen MR) is 98.3 cm³/mol. The molecule has 1 N–H and O–H groups in total. The highest BCUT2D eigenvalue weighted by atomic mass is 16.5. The zero-order valence-electron chi connectivity index (χ0n) is 15.3. The summed E-state index contributed by atoms with van der Waals surface area (Å²) in [4.78, 5) is 34.5. The smallest absolute Gasteiger partial charge is 0.251 e. The van der Waals surface area contributed by atoms with Crippen molar-refractivity contribution in [1.29, 1.82) is 0 Å². The van der Waals surface area contributed by atoms with Gasteiger partial charge in [-0.1, -0.05) is 0 Å². The summed E-state index contributed by atoms with van der Waals surface area (Å²) in [5.74, 6) is 0.810. The SMILES string of the molecule is CC(=O)N1CCN(c2cc(C(=O)NCCN3CCOCC3)ccn2)CC1. The largest absolute Gasteiger partial charge is 0.379 e. The van der Waals surface area contributed by atoms with E-state index in [9.17, 15) is 9.59 Å². The van der Waals surface area contributed by atoms with Crippen LogP contribution in [0.15, 0.2) is 18.3 Å². The lowest BCUT2D eigenvalue weighted by molar-refractivity contribution is -0.129. The molecule has 0 radical (unpaired) electrons. The van der Waals surface area contributed by atoms with Crippen molar-refractivity contribution in [2.75, 3.05) is 70.5 Å². The minimum atomic E-state index is -0.0794. The lowest BCUT2D eigenvalue weighted by atomic mass is 10.2. The molecule has 2 fully saturated rings. The molecule has 2 aliphatic heterocycles. The van der Waals surface area contributed by atoms with E-state index in [1.807, 2.05) is 11.0 Å². The van der Waals surface area contributed by atoms with E-state index in [-0.39, 0.29) is 11.8 Å². The van der Waals surface area contributed by atoms with Gasteiger partial charge in [-0.15, -0.1) is 0 Å². The van der Waals surface area contributed by atoms with Crippen molar-refractivity contribution in [3.8, 4) is 0 Å². The molecular weight excluding hydrogens is 334 g/mol. The van der Waals surface area contributed by atoms with Crippen molar-refractivity contribution < 1.29 is 14.3 Å². The van der Waals surface area contributed by atoms with Crippen LogP contribution in [-0.2, 0) is 9.53 Å². The number of amides is 2. The summed E-state index contributed by atoms with van der Waals surface area (Å²) in [7, 11) is 0. The summed E-state index contributed by atoms with van der Waals surface area (Å²) in [5.41, 5.74) is 0.617. The van der Waals surface area contributed by atoms with Gasteiger partial charge >= 0.3 is 0 Å². The number of ether oxygens (including phenoxy) is 1. The summed E-state index contributed by atoms with van der Waals surface area (Å²) >= 11 is 0. The van der Waals surface area contributed by atoms with Crippen LogP contribution in [0.1, 0.15) is 17.3 Å². The number of hydrogen-bond donors (Lipinski definition) is 1. The molecule has 3 heterocycles. The van der Waals surface area contributed by atoms with Gasteiger partial charge in [0.25, 0.3) is 5.91 Å². The van der Waals surface area contributed by atoms with E-state index in [4.69, 9.17) is 4.74 Å². The van der Waals surface area contributed by atoms with E-state index < -0.39 is 0 Å². The van der Waals surface area contributed by atoms with E-state index >= 15 is 0 Å². The van der Waals surface area contributed by atoms with Gasteiger partial charge in [-0.2, -0.15) is 0 Å². The molecule has 142 valence electrons. The average Bonchev–Trinajstić information content (AvgIpc) is 2.69. The lowest BCUT2D eigenvalue weighted by Crippen LogP contribution is -2.48. The van der Waals surface area contributed by atoms with Crippen molar-refractivity contribution in [2.24, 2.45) is 0 Å². The maximum atomic E-state index is 12.4. The zero-order chi connectivity index (χ0) is 18.4. The van der Waals surface area contributed by atoms with Crippen molar-refractivity contribution in [3.63, 3.8) is 0 Å². The van der Waals surface area contributed by atoms with Crippen molar-refractivity contribution in [2.45, 2.75) is 6.92 Å². The molecule has 1 aromatic rings. The average molecular weight is 361 g/mol. The van der Waals surface area contributed by atoms with Gasteiger partial charge in [-0.3, -0.25) is 14.5 Å². The molecule has 2 aliphatic rings. The van der Waals surface area contributed by atoms with Crippen LogP contribution in [0.3, 0.4) is 0 Å². The molecule has 0 spiro atoms. The van der Waals surface area contributed by atoms with Crippen molar-refractivity contribution in [1.82, 2.24) is 20.1 Å². The standard InChI is InChI=1S/C18H27N5O3/c1-15(24)22-6-8-23(9-7-22)17-14-16(2-3-19-17)18(25)20-4-5-21-10-12-26-13-11-21/h2-3,14H,4-13H2,1H3,(H,20,25). The molecule has 0 atom stereocenters. The maximum Gasteiger partial charge on any atom is 0.251 e. The van der Waals surface area contributed by atoms with Crippen LogP contribution in [0, 0.1) is 0 Å². The molecule has 2 saturated heterocycles. The highest BCUT2D eigenvalue weighted by molar-refractivity contribution is 5.94. The topological polar surface area (TPSA) is 78.0 Å². The number of nitrogens with zero attached hydrogens (tertiary/aromatic N) is 4. The molecule has 2 amide bonds. The second-order valence-corrected chi connectivity index (χ2v) is 6.61. The quantitative estimate of drug-likeness (QED) is 0.783. The van der Waals surface area contributed by atoms with Gasteiger partial charge in [0.1, 0.15) is 5.82 Å². The van der Waals surface area contributed by atoms with Gasteiger partial charge < -0.3 is 19.9 Å². The van der Waals surface area contributed by atoms with Crippen molar-refractivity contribution >= 4 is 17.6 Å². The third-order valence-corrected chi connectivity index (χ3v) is 4.87. The van der Waals surface area contributed by atoms with Gasteiger partial charge in [-0.25, -0.2) is 4.98 Å². The van der Waals surface area contributed by atoms with E-state index in [0.717, 1.165) is 51.8 Å². The molecule has 0 bridgehead atoms. The van der Waals surface area contributed by atoms with Crippen LogP contribution >= 0.6 is 0 Å². The summed E-state index contributed by atoms with van der Waals surface area (Å²) in [6.45, 7) is 9.24. The summed E-state index contributed by atoms with van der Waals surface area (Å²) < 4.78 is 5.32. The Morgan fingerprint density at radius 1 is 1.15 bits per heavy atom. The first-order valence-corrected chi connectivity index (χ1v) is 9.18. The van der Waals surface area contributed by atoms with Gasteiger partial charge in [0.2, 0.25) is 5.91 Å². The van der Waals surface area contributed by atoms with Gasteiger partial charge in [-0.05, 0) is 12.1 Å². The molecule has 1 aromatic heterocycles. The maximum absolute atomic E-state index is 12.4. The Bertz CT molecular complexity index is 625. The number of carbonyl (C=O) groups is 2. The number of anilines is 1. The molecule has 0 aromatic carbocycles. The van der Waals surface area contributed by atoms with Crippen LogP contribution in [0.2, 0.25) is 0 Å². The number of aromatic nitrogens is 1. The Hall–Kier alpha value is -2.19. The molecule has 0 unspecified atom stereocenters.